The van der Waals surface area contributed by atoms with Crippen LogP contribution in [0.3, 0.4) is 0 Å². The Kier molecular flexibility index (Phi) is 4.85. The third kappa shape index (κ3) is 3.76. The second-order valence-electron chi connectivity index (χ2n) is 6.45. The average Bonchev–Trinajstić information content (AvgIpc) is 3.04. The molecular weight excluding hydrogens is 306 g/mol. The lowest BCUT2D eigenvalue weighted by Gasteiger charge is -2.36. The van der Waals surface area contributed by atoms with Crippen LogP contribution in [0.25, 0.3) is 0 Å². The smallest absolute Gasteiger partial charge is 0.323 e. The summed E-state index contributed by atoms with van der Waals surface area (Å²) in [6.07, 6.45) is -0.150. The maximum absolute atomic E-state index is 12.5. The van der Waals surface area contributed by atoms with Crippen LogP contribution in [0.1, 0.15) is 44.1 Å². The van der Waals surface area contributed by atoms with E-state index in [4.69, 9.17) is 9.26 Å². The van der Waals surface area contributed by atoms with Crippen LogP contribution in [0.4, 0.5) is 10.6 Å². The Bertz CT molecular complexity index is 684. The van der Waals surface area contributed by atoms with E-state index in [1.54, 1.807) is 11.0 Å². The minimum absolute atomic E-state index is 0.0294. The summed E-state index contributed by atoms with van der Waals surface area (Å²) < 4.78 is 11.2. The molecule has 6 heteroatoms. The highest BCUT2D eigenvalue weighted by Gasteiger charge is 2.29. The largest absolute Gasteiger partial charge is 0.367 e. The number of carbonyl (C=O) groups excluding carboxylic acids is 1. The lowest BCUT2D eigenvalue weighted by Crippen LogP contribution is -2.47. The Morgan fingerprint density at radius 2 is 2.04 bits per heavy atom. The van der Waals surface area contributed by atoms with Gasteiger partial charge in [-0.05, 0) is 12.5 Å². The number of nitrogens with one attached hydrogen (secondary N) is 1. The number of aromatic nitrogens is 1. The van der Waals surface area contributed by atoms with Crippen molar-refractivity contribution in [2.24, 2.45) is 0 Å². The van der Waals surface area contributed by atoms with E-state index < -0.39 is 0 Å². The minimum atomic E-state index is -0.185. The van der Waals surface area contributed by atoms with Crippen molar-refractivity contribution in [2.45, 2.75) is 38.9 Å². The minimum Gasteiger partial charge on any atom is -0.367 e. The lowest BCUT2D eigenvalue weighted by atomic mass is 10.1. The predicted molar refractivity (Wildman–Crippen MR) is 90.9 cm³/mol. The molecular formula is C18H23N3O3. The number of hydrogen-bond donors (Lipinski definition) is 1. The molecule has 0 radical (unpaired) electrons. The highest BCUT2D eigenvalue weighted by Crippen LogP contribution is 2.25. The summed E-state index contributed by atoms with van der Waals surface area (Å²) in [7, 11) is 0. The summed E-state index contributed by atoms with van der Waals surface area (Å²) in [6.45, 7) is 7.06. The van der Waals surface area contributed by atoms with E-state index in [1.165, 1.54) is 0 Å². The molecule has 1 aliphatic heterocycles. The first kappa shape index (κ1) is 16.5. The molecule has 1 fully saturated rings. The van der Waals surface area contributed by atoms with Crippen molar-refractivity contribution in [3.8, 4) is 0 Å². The predicted octanol–water partition coefficient (Wildman–Crippen LogP) is 3.79. The van der Waals surface area contributed by atoms with E-state index in [1.807, 2.05) is 51.1 Å². The fraction of sp³-hybridized carbons (Fsp3) is 0.444. The Labute approximate surface area is 141 Å². The second kappa shape index (κ2) is 7.05. The molecule has 1 saturated heterocycles. The molecule has 3 rings (SSSR count). The molecule has 128 valence electrons. The number of benzene rings is 1. The zero-order valence-corrected chi connectivity index (χ0v) is 14.2. The lowest BCUT2D eigenvalue weighted by molar-refractivity contribution is -0.0642. The van der Waals surface area contributed by atoms with Crippen molar-refractivity contribution in [3.63, 3.8) is 0 Å². The standard InChI is InChI=1S/C18H23N3O3/c1-12(2)15-9-17(20-24-15)19-18(22)21-10-13(3)23-16(11-21)14-7-5-4-6-8-14/h4-9,12-13,16H,10-11H2,1-3H3,(H,19,20,22). The van der Waals surface area contributed by atoms with Gasteiger partial charge in [-0.2, -0.15) is 0 Å². The molecule has 24 heavy (non-hydrogen) atoms. The maximum atomic E-state index is 12.5. The SMILES string of the molecule is CC1CN(C(=O)Nc2cc(C(C)C)on2)CC(c2ccccc2)O1. The Morgan fingerprint density at radius 3 is 2.71 bits per heavy atom. The topological polar surface area (TPSA) is 67.6 Å². The molecule has 2 amide bonds. The van der Waals surface area contributed by atoms with E-state index in [2.05, 4.69) is 10.5 Å². The van der Waals surface area contributed by atoms with Gasteiger partial charge >= 0.3 is 6.03 Å². The molecule has 1 aliphatic rings. The number of urea groups is 1. The van der Waals surface area contributed by atoms with E-state index in [9.17, 15) is 4.79 Å². The second-order valence-corrected chi connectivity index (χ2v) is 6.45. The van der Waals surface area contributed by atoms with Crippen LogP contribution >= 0.6 is 0 Å². The van der Waals surface area contributed by atoms with Crippen LogP contribution in [0.15, 0.2) is 40.9 Å². The number of hydrogen-bond acceptors (Lipinski definition) is 4. The Morgan fingerprint density at radius 1 is 1.29 bits per heavy atom. The molecule has 0 spiro atoms. The number of ether oxygens (including phenoxy) is 1. The van der Waals surface area contributed by atoms with Crippen LogP contribution < -0.4 is 5.32 Å². The van der Waals surface area contributed by atoms with Gasteiger partial charge in [0.05, 0.1) is 12.6 Å². The van der Waals surface area contributed by atoms with Crippen molar-refractivity contribution >= 4 is 11.8 Å². The number of amides is 2. The van der Waals surface area contributed by atoms with E-state index in [0.717, 1.165) is 11.3 Å². The summed E-state index contributed by atoms with van der Waals surface area (Å²) in [6, 6.07) is 11.5. The first-order chi connectivity index (χ1) is 11.5. The van der Waals surface area contributed by atoms with Gasteiger partial charge in [-0.15, -0.1) is 0 Å². The van der Waals surface area contributed by atoms with Gasteiger partial charge in [0, 0.05) is 18.5 Å². The summed E-state index contributed by atoms with van der Waals surface area (Å²) in [5, 5.41) is 6.71. The number of morpholine rings is 1. The number of carbonyl (C=O) groups is 1. The van der Waals surface area contributed by atoms with E-state index in [-0.39, 0.29) is 24.2 Å². The molecule has 2 atom stereocenters. The van der Waals surface area contributed by atoms with Gasteiger partial charge in [-0.1, -0.05) is 49.3 Å². The van der Waals surface area contributed by atoms with Gasteiger partial charge in [0.15, 0.2) is 5.82 Å². The Balaban J connectivity index is 1.67. The van der Waals surface area contributed by atoms with E-state index >= 15 is 0 Å². The van der Waals surface area contributed by atoms with Gasteiger partial charge < -0.3 is 14.2 Å². The molecule has 2 aromatic rings. The fourth-order valence-electron chi connectivity index (χ4n) is 2.78. The summed E-state index contributed by atoms with van der Waals surface area (Å²) in [4.78, 5) is 14.3. The van der Waals surface area contributed by atoms with E-state index in [0.29, 0.717) is 18.9 Å². The number of nitrogens with zero attached hydrogens (tertiary/aromatic N) is 2. The van der Waals surface area contributed by atoms with Gasteiger partial charge in [-0.25, -0.2) is 4.79 Å². The summed E-state index contributed by atoms with van der Waals surface area (Å²) >= 11 is 0. The zero-order chi connectivity index (χ0) is 17.1. The van der Waals surface area contributed by atoms with Crippen molar-refractivity contribution in [3.05, 3.63) is 47.7 Å². The van der Waals surface area contributed by atoms with Gasteiger partial charge in [0.25, 0.3) is 0 Å². The van der Waals surface area contributed by atoms with Gasteiger partial charge in [0.1, 0.15) is 11.9 Å². The van der Waals surface area contributed by atoms with Crippen molar-refractivity contribution in [2.75, 3.05) is 18.4 Å². The third-order valence-electron chi connectivity index (χ3n) is 4.05. The molecule has 6 nitrogen and oxygen atoms in total. The molecule has 0 bridgehead atoms. The zero-order valence-electron chi connectivity index (χ0n) is 14.2. The van der Waals surface area contributed by atoms with Crippen LogP contribution in [0.5, 0.6) is 0 Å². The van der Waals surface area contributed by atoms with Crippen LogP contribution in [0, 0.1) is 0 Å². The Hall–Kier alpha value is -2.34. The first-order valence-electron chi connectivity index (χ1n) is 8.26. The molecule has 0 aliphatic carbocycles. The van der Waals surface area contributed by atoms with Crippen LogP contribution in [-0.4, -0.2) is 35.3 Å². The van der Waals surface area contributed by atoms with Crippen molar-refractivity contribution in [1.29, 1.82) is 0 Å². The maximum Gasteiger partial charge on any atom is 0.323 e. The number of anilines is 1. The molecule has 1 aromatic heterocycles. The summed E-state index contributed by atoms with van der Waals surface area (Å²) in [5.41, 5.74) is 1.07. The fourth-order valence-corrected chi connectivity index (χ4v) is 2.78. The summed E-state index contributed by atoms with van der Waals surface area (Å²) in [5.74, 6) is 1.43. The van der Waals surface area contributed by atoms with Gasteiger partial charge in [0.2, 0.25) is 0 Å². The van der Waals surface area contributed by atoms with Crippen molar-refractivity contribution < 1.29 is 14.1 Å². The molecule has 2 heterocycles. The third-order valence-corrected chi connectivity index (χ3v) is 4.05. The molecule has 0 saturated carbocycles. The monoisotopic (exact) mass is 329 g/mol. The van der Waals surface area contributed by atoms with Crippen LogP contribution in [0.2, 0.25) is 0 Å². The molecule has 1 N–H and O–H groups in total. The van der Waals surface area contributed by atoms with Gasteiger partial charge in [-0.3, -0.25) is 5.32 Å². The quantitative estimate of drug-likeness (QED) is 0.930. The highest BCUT2D eigenvalue weighted by atomic mass is 16.5. The van der Waals surface area contributed by atoms with Crippen molar-refractivity contribution in [1.82, 2.24) is 10.1 Å². The first-order valence-corrected chi connectivity index (χ1v) is 8.26. The number of rotatable bonds is 3. The average molecular weight is 329 g/mol. The molecule has 2 unspecified atom stereocenters. The molecule has 1 aromatic carbocycles. The van der Waals surface area contributed by atoms with Crippen LogP contribution in [-0.2, 0) is 4.74 Å². The highest BCUT2D eigenvalue weighted by molar-refractivity contribution is 5.88. The normalized spacial score (nSPS) is 21.1.